The van der Waals surface area contributed by atoms with Crippen molar-refractivity contribution in [3.05, 3.63) is 81.6 Å². The van der Waals surface area contributed by atoms with Gasteiger partial charge in [0.2, 0.25) is 0 Å². The third-order valence-corrected chi connectivity index (χ3v) is 6.52. The number of rotatable bonds is 4. The van der Waals surface area contributed by atoms with E-state index >= 15 is 0 Å². The Labute approximate surface area is 174 Å². The normalized spacial score (nSPS) is 15.9. The Hall–Kier alpha value is -2.73. The summed E-state index contributed by atoms with van der Waals surface area (Å²) in [6, 6.07) is 14.8. The number of nitrogens with zero attached hydrogens (tertiary/aromatic N) is 2. The molecule has 0 spiro atoms. The van der Waals surface area contributed by atoms with Gasteiger partial charge >= 0.3 is 0 Å². The van der Waals surface area contributed by atoms with E-state index in [2.05, 4.69) is 17.5 Å². The van der Waals surface area contributed by atoms with Crippen molar-refractivity contribution in [2.45, 2.75) is 25.2 Å². The topological polar surface area (TPSA) is 42.4 Å². The predicted molar refractivity (Wildman–Crippen MR) is 112 cm³/mol. The monoisotopic (exact) mass is 410 g/mol. The van der Waals surface area contributed by atoms with Crippen molar-refractivity contribution in [2.75, 3.05) is 20.2 Å². The van der Waals surface area contributed by atoms with Gasteiger partial charge in [-0.05, 0) is 37.5 Å². The summed E-state index contributed by atoms with van der Waals surface area (Å²) in [7, 11) is 1.45. The van der Waals surface area contributed by atoms with Crippen molar-refractivity contribution < 1.29 is 13.9 Å². The lowest BCUT2D eigenvalue weighted by Gasteiger charge is -2.41. The Morgan fingerprint density at radius 3 is 2.48 bits per heavy atom. The molecule has 0 saturated carbocycles. The Morgan fingerprint density at radius 1 is 1.14 bits per heavy atom. The van der Waals surface area contributed by atoms with Gasteiger partial charge in [-0.3, -0.25) is 4.79 Å². The molecule has 29 heavy (non-hydrogen) atoms. The van der Waals surface area contributed by atoms with E-state index in [1.54, 1.807) is 28.4 Å². The minimum Gasteiger partial charge on any atom is -0.496 e. The molecule has 150 valence electrons. The number of methoxy groups -OCH3 is 1. The zero-order valence-corrected chi connectivity index (χ0v) is 17.3. The summed E-state index contributed by atoms with van der Waals surface area (Å²) in [4.78, 5) is 19.6. The van der Waals surface area contributed by atoms with Gasteiger partial charge in [-0.15, -0.1) is 11.3 Å². The van der Waals surface area contributed by atoms with Crippen molar-refractivity contribution in [1.82, 2.24) is 9.88 Å². The Balaban J connectivity index is 1.64. The first kappa shape index (κ1) is 19.6. The van der Waals surface area contributed by atoms with E-state index in [9.17, 15) is 9.18 Å². The van der Waals surface area contributed by atoms with Crippen molar-refractivity contribution in [3.8, 4) is 5.75 Å². The minimum atomic E-state index is -0.552. The Bertz CT molecular complexity index is 1010. The molecule has 2 heterocycles. The highest BCUT2D eigenvalue weighted by Crippen LogP contribution is 2.42. The first-order valence-electron chi connectivity index (χ1n) is 9.65. The van der Waals surface area contributed by atoms with Crippen LogP contribution in [0, 0.1) is 12.7 Å². The van der Waals surface area contributed by atoms with E-state index < -0.39 is 5.82 Å². The van der Waals surface area contributed by atoms with Crippen LogP contribution >= 0.6 is 11.3 Å². The molecule has 0 radical (unpaired) electrons. The number of thiazole rings is 1. The molecule has 1 aromatic heterocycles. The van der Waals surface area contributed by atoms with E-state index in [-0.39, 0.29) is 22.6 Å². The maximum absolute atomic E-state index is 14.4. The third-order valence-electron chi connectivity index (χ3n) is 5.75. The lowest BCUT2D eigenvalue weighted by molar-refractivity contribution is 0.0675. The van der Waals surface area contributed by atoms with E-state index in [1.165, 1.54) is 18.7 Å². The van der Waals surface area contributed by atoms with Gasteiger partial charge in [0.1, 0.15) is 17.1 Å². The van der Waals surface area contributed by atoms with Crippen LogP contribution in [0.2, 0.25) is 0 Å². The maximum Gasteiger partial charge on any atom is 0.260 e. The molecule has 1 saturated heterocycles. The zero-order chi connectivity index (χ0) is 20.4. The van der Waals surface area contributed by atoms with Crippen LogP contribution in [0.4, 0.5) is 4.39 Å². The van der Waals surface area contributed by atoms with Gasteiger partial charge in [0.05, 0.1) is 17.8 Å². The average Bonchev–Trinajstić information content (AvgIpc) is 3.20. The highest BCUT2D eigenvalue weighted by Gasteiger charge is 2.41. The smallest absolute Gasteiger partial charge is 0.260 e. The second kappa shape index (κ2) is 7.95. The maximum atomic E-state index is 14.4. The first-order chi connectivity index (χ1) is 14.0. The number of ether oxygens (including phenoxy) is 1. The summed E-state index contributed by atoms with van der Waals surface area (Å²) in [5.74, 6) is -0.606. The molecule has 0 atom stereocenters. The molecule has 1 fully saturated rings. The molecule has 1 aliphatic rings. The lowest BCUT2D eigenvalue weighted by Crippen LogP contribution is -2.46. The standard InChI is InChI=1S/C23H23FN2O2S/c1-16-25-20(15-29-16)23(17-7-4-3-5-8-17)11-13-26(14-12-23)22(27)21-18(24)9-6-10-19(21)28-2/h3-10,15H,11-14H2,1-2H3. The Morgan fingerprint density at radius 2 is 1.86 bits per heavy atom. The van der Waals surface area contributed by atoms with Crippen molar-refractivity contribution >= 4 is 17.2 Å². The molecule has 0 bridgehead atoms. The summed E-state index contributed by atoms with van der Waals surface area (Å²) >= 11 is 1.64. The largest absolute Gasteiger partial charge is 0.496 e. The van der Waals surface area contributed by atoms with Crippen molar-refractivity contribution in [2.24, 2.45) is 0 Å². The molecule has 1 aliphatic heterocycles. The van der Waals surface area contributed by atoms with Gasteiger partial charge in [-0.25, -0.2) is 9.37 Å². The molecule has 0 N–H and O–H groups in total. The molecule has 0 aliphatic carbocycles. The van der Waals surface area contributed by atoms with Gasteiger partial charge in [0, 0.05) is 23.9 Å². The van der Waals surface area contributed by atoms with E-state index in [0.29, 0.717) is 13.1 Å². The average molecular weight is 411 g/mol. The lowest BCUT2D eigenvalue weighted by atomic mass is 9.70. The van der Waals surface area contributed by atoms with Crippen LogP contribution in [-0.2, 0) is 5.41 Å². The number of aromatic nitrogens is 1. The van der Waals surface area contributed by atoms with Gasteiger partial charge in [0.25, 0.3) is 5.91 Å². The van der Waals surface area contributed by atoms with Gasteiger partial charge in [0.15, 0.2) is 0 Å². The predicted octanol–water partition coefficient (Wildman–Crippen LogP) is 4.82. The summed E-state index contributed by atoms with van der Waals surface area (Å²) in [6.45, 7) is 3.07. The molecule has 3 aromatic rings. The number of aryl methyl sites for hydroxylation is 1. The number of piperidine rings is 1. The van der Waals surface area contributed by atoms with Crippen LogP contribution in [-0.4, -0.2) is 36.0 Å². The van der Waals surface area contributed by atoms with Crippen LogP contribution in [0.1, 0.15) is 39.5 Å². The van der Waals surface area contributed by atoms with Crippen LogP contribution in [0.15, 0.2) is 53.9 Å². The van der Waals surface area contributed by atoms with E-state index in [0.717, 1.165) is 23.5 Å². The van der Waals surface area contributed by atoms with E-state index in [1.807, 2.05) is 25.1 Å². The summed E-state index contributed by atoms with van der Waals surface area (Å²) in [5, 5.41) is 3.16. The first-order valence-corrected chi connectivity index (χ1v) is 10.5. The number of carbonyl (C=O) groups excluding carboxylic acids is 1. The number of halogens is 1. The van der Waals surface area contributed by atoms with Crippen molar-refractivity contribution in [1.29, 1.82) is 0 Å². The minimum absolute atomic E-state index is 0.00622. The molecule has 4 rings (SSSR count). The third kappa shape index (κ3) is 3.53. The highest BCUT2D eigenvalue weighted by atomic mass is 32.1. The quantitative estimate of drug-likeness (QED) is 0.619. The second-order valence-corrected chi connectivity index (χ2v) is 8.37. The summed E-state index contributed by atoms with van der Waals surface area (Å²) < 4.78 is 19.6. The zero-order valence-electron chi connectivity index (χ0n) is 16.5. The molecule has 1 amide bonds. The van der Waals surface area contributed by atoms with Crippen LogP contribution in [0.5, 0.6) is 5.75 Å². The number of carbonyl (C=O) groups is 1. The molecule has 0 unspecified atom stereocenters. The Kier molecular flexibility index (Phi) is 5.37. The number of benzene rings is 2. The fourth-order valence-electron chi connectivity index (χ4n) is 4.16. The van der Waals surface area contributed by atoms with Gasteiger partial charge in [-0.1, -0.05) is 36.4 Å². The number of hydrogen-bond donors (Lipinski definition) is 0. The van der Waals surface area contributed by atoms with Crippen molar-refractivity contribution in [3.63, 3.8) is 0 Å². The highest BCUT2D eigenvalue weighted by molar-refractivity contribution is 7.09. The summed E-state index contributed by atoms with van der Waals surface area (Å²) in [6.07, 6.45) is 1.48. The second-order valence-electron chi connectivity index (χ2n) is 7.31. The molecule has 2 aromatic carbocycles. The van der Waals surface area contributed by atoms with Crippen LogP contribution < -0.4 is 4.74 Å². The SMILES string of the molecule is COc1cccc(F)c1C(=O)N1CCC(c2ccccc2)(c2csc(C)n2)CC1. The van der Waals surface area contributed by atoms with Crippen LogP contribution in [0.3, 0.4) is 0 Å². The molecule has 4 nitrogen and oxygen atoms in total. The number of hydrogen-bond acceptors (Lipinski definition) is 4. The fourth-order valence-corrected chi connectivity index (χ4v) is 4.88. The fraction of sp³-hybridized carbons (Fsp3) is 0.304. The van der Waals surface area contributed by atoms with Gasteiger partial charge < -0.3 is 9.64 Å². The van der Waals surface area contributed by atoms with Crippen LogP contribution in [0.25, 0.3) is 0 Å². The van der Waals surface area contributed by atoms with Gasteiger partial charge in [-0.2, -0.15) is 0 Å². The summed E-state index contributed by atoms with van der Waals surface area (Å²) in [5.41, 5.74) is 2.04. The number of likely N-dealkylation sites (tertiary alicyclic amines) is 1. The molecule has 6 heteroatoms. The molecular formula is C23H23FN2O2S. The molecular weight excluding hydrogens is 387 g/mol. The van der Waals surface area contributed by atoms with E-state index in [4.69, 9.17) is 9.72 Å². The number of amides is 1.